The lowest BCUT2D eigenvalue weighted by atomic mass is 10.2. The highest BCUT2D eigenvalue weighted by atomic mass is 15.5. The van der Waals surface area contributed by atoms with Gasteiger partial charge in [-0.3, -0.25) is 0 Å². The van der Waals surface area contributed by atoms with Gasteiger partial charge in [0.15, 0.2) is 0 Å². The number of hydrogen-bond acceptors (Lipinski definition) is 4. The molecule has 0 aliphatic carbocycles. The second-order valence-corrected chi connectivity index (χ2v) is 4.11. The molecule has 0 radical (unpaired) electrons. The first kappa shape index (κ1) is 10.6. The summed E-state index contributed by atoms with van der Waals surface area (Å²) in [6, 6.07) is 0. The predicted molar refractivity (Wildman–Crippen MR) is 58.0 cm³/mol. The van der Waals surface area contributed by atoms with Crippen LogP contribution < -0.4 is 5.43 Å². The zero-order valence-electron chi connectivity index (χ0n) is 9.53. The van der Waals surface area contributed by atoms with Crippen LogP contribution in [0.3, 0.4) is 0 Å². The molecule has 0 atom stereocenters. The van der Waals surface area contributed by atoms with E-state index >= 15 is 0 Å². The topological polar surface area (TPSA) is 46.0 Å². The molecular weight excluding hydrogens is 190 g/mol. The van der Waals surface area contributed by atoms with Crippen LogP contribution in [0, 0.1) is 6.92 Å². The molecule has 5 heteroatoms. The molecule has 2 heterocycles. The third-order valence-corrected chi connectivity index (χ3v) is 3.00. The fourth-order valence-corrected chi connectivity index (χ4v) is 1.84. The SMILES string of the molecule is Cc1nnc(CNN2CCCCC2)n1C. The van der Waals surface area contributed by atoms with E-state index in [1.54, 1.807) is 0 Å². The summed E-state index contributed by atoms with van der Waals surface area (Å²) in [4.78, 5) is 0. The molecule has 0 amide bonds. The summed E-state index contributed by atoms with van der Waals surface area (Å²) in [6.45, 7) is 5.04. The Labute approximate surface area is 90.5 Å². The van der Waals surface area contributed by atoms with E-state index in [1.165, 1.54) is 19.3 Å². The average molecular weight is 209 g/mol. The number of piperidine rings is 1. The maximum Gasteiger partial charge on any atom is 0.148 e. The number of nitrogens with zero attached hydrogens (tertiary/aromatic N) is 4. The molecule has 1 saturated heterocycles. The van der Waals surface area contributed by atoms with Gasteiger partial charge in [0, 0.05) is 20.1 Å². The first-order valence-electron chi connectivity index (χ1n) is 5.60. The van der Waals surface area contributed by atoms with Crippen molar-refractivity contribution in [2.75, 3.05) is 13.1 Å². The minimum absolute atomic E-state index is 0.775. The molecule has 0 saturated carbocycles. The quantitative estimate of drug-likeness (QED) is 0.792. The Balaban J connectivity index is 1.84. The number of hydrazine groups is 1. The van der Waals surface area contributed by atoms with Crippen molar-refractivity contribution in [3.8, 4) is 0 Å². The molecular formula is C10H19N5. The van der Waals surface area contributed by atoms with Gasteiger partial charge in [0.2, 0.25) is 0 Å². The van der Waals surface area contributed by atoms with Crippen LogP contribution in [0.15, 0.2) is 0 Å². The van der Waals surface area contributed by atoms with Gasteiger partial charge in [-0.1, -0.05) is 6.42 Å². The number of rotatable bonds is 3. The van der Waals surface area contributed by atoms with Crippen LogP contribution in [0.5, 0.6) is 0 Å². The summed E-state index contributed by atoms with van der Waals surface area (Å²) in [5.74, 6) is 1.96. The van der Waals surface area contributed by atoms with Crippen LogP contribution in [0.25, 0.3) is 0 Å². The lowest BCUT2D eigenvalue weighted by Crippen LogP contribution is -2.41. The van der Waals surface area contributed by atoms with E-state index in [-0.39, 0.29) is 0 Å². The fourth-order valence-electron chi connectivity index (χ4n) is 1.84. The Morgan fingerprint density at radius 2 is 1.93 bits per heavy atom. The van der Waals surface area contributed by atoms with Crippen molar-refractivity contribution in [2.24, 2.45) is 7.05 Å². The highest BCUT2D eigenvalue weighted by Gasteiger charge is 2.11. The molecule has 1 N–H and O–H groups in total. The monoisotopic (exact) mass is 209 g/mol. The normalized spacial score (nSPS) is 18.3. The minimum atomic E-state index is 0.775. The third kappa shape index (κ3) is 2.54. The van der Waals surface area contributed by atoms with E-state index in [0.717, 1.165) is 31.3 Å². The fraction of sp³-hybridized carbons (Fsp3) is 0.800. The van der Waals surface area contributed by atoms with Gasteiger partial charge in [-0.15, -0.1) is 10.2 Å². The molecule has 0 spiro atoms. The van der Waals surface area contributed by atoms with Gasteiger partial charge < -0.3 is 4.57 Å². The van der Waals surface area contributed by atoms with Crippen molar-refractivity contribution < 1.29 is 0 Å². The number of aryl methyl sites for hydroxylation is 1. The van der Waals surface area contributed by atoms with Crippen LogP contribution in [0.4, 0.5) is 0 Å². The first-order valence-corrected chi connectivity index (χ1v) is 5.60. The Morgan fingerprint density at radius 1 is 1.20 bits per heavy atom. The summed E-state index contributed by atoms with van der Waals surface area (Å²) in [5.41, 5.74) is 3.40. The maximum absolute atomic E-state index is 4.12. The van der Waals surface area contributed by atoms with Crippen molar-refractivity contribution in [3.63, 3.8) is 0 Å². The molecule has 1 aromatic rings. The Morgan fingerprint density at radius 3 is 2.53 bits per heavy atom. The van der Waals surface area contributed by atoms with Crippen molar-refractivity contribution >= 4 is 0 Å². The van der Waals surface area contributed by atoms with Crippen molar-refractivity contribution in [1.82, 2.24) is 25.2 Å². The highest BCUT2D eigenvalue weighted by Crippen LogP contribution is 2.06. The van der Waals surface area contributed by atoms with Gasteiger partial charge in [-0.25, -0.2) is 10.4 Å². The minimum Gasteiger partial charge on any atom is -0.317 e. The molecule has 1 aliphatic heterocycles. The second kappa shape index (κ2) is 4.72. The van der Waals surface area contributed by atoms with Gasteiger partial charge in [0.25, 0.3) is 0 Å². The van der Waals surface area contributed by atoms with E-state index in [1.807, 2.05) is 18.5 Å². The van der Waals surface area contributed by atoms with E-state index < -0.39 is 0 Å². The largest absolute Gasteiger partial charge is 0.317 e. The van der Waals surface area contributed by atoms with Gasteiger partial charge >= 0.3 is 0 Å². The number of nitrogens with one attached hydrogen (secondary N) is 1. The van der Waals surface area contributed by atoms with Crippen LogP contribution in [0.1, 0.15) is 30.9 Å². The molecule has 1 fully saturated rings. The van der Waals surface area contributed by atoms with Crippen molar-refractivity contribution in [3.05, 3.63) is 11.6 Å². The molecule has 0 aromatic carbocycles. The molecule has 2 rings (SSSR count). The zero-order valence-corrected chi connectivity index (χ0v) is 9.53. The Kier molecular flexibility index (Phi) is 3.33. The maximum atomic E-state index is 4.12. The summed E-state index contributed by atoms with van der Waals surface area (Å²) in [6.07, 6.45) is 3.96. The van der Waals surface area contributed by atoms with E-state index in [9.17, 15) is 0 Å². The highest BCUT2D eigenvalue weighted by molar-refractivity contribution is 4.91. The van der Waals surface area contributed by atoms with Crippen LogP contribution >= 0.6 is 0 Å². The van der Waals surface area contributed by atoms with E-state index in [4.69, 9.17) is 0 Å². The van der Waals surface area contributed by atoms with Gasteiger partial charge in [0.05, 0.1) is 6.54 Å². The standard InChI is InChI=1S/C10H19N5/c1-9-12-13-10(14(9)2)8-11-15-6-4-3-5-7-15/h11H,3-8H2,1-2H3. The molecule has 0 unspecified atom stereocenters. The van der Waals surface area contributed by atoms with Gasteiger partial charge in [-0.2, -0.15) is 0 Å². The third-order valence-electron chi connectivity index (χ3n) is 3.00. The van der Waals surface area contributed by atoms with E-state index in [2.05, 4.69) is 20.6 Å². The van der Waals surface area contributed by atoms with Crippen molar-refractivity contribution in [1.29, 1.82) is 0 Å². The summed E-state index contributed by atoms with van der Waals surface area (Å²) >= 11 is 0. The average Bonchev–Trinajstić information content (AvgIpc) is 2.59. The van der Waals surface area contributed by atoms with Crippen LogP contribution in [0.2, 0.25) is 0 Å². The smallest absolute Gasteiger partial charge is 0.148 e. The molecule has 5 nitrogen and oxygen atoms in total. The summed E-state index contributed by atoms with van der Waals surface area (Å²) in [5, 5.41) is 10.4. The predicted octanol–water partition coefficient (Wildman–Crippen LogP) is 0.614. The number of aromatic nitrogens is 3. The van der Waals surface area contributed by atoms with Crippen LogP contribution in [-0.4, -0.2) is 32.9 Å². The molecule has 1 aromatic heterocycles. The summed E-state index contributed by atoms with van der Waals surface area (Å²) < 4.78 is 2.02. The molecule has 0 bridgehead atoms. The van der Waals surface area contributed by atoms with Gasteiger partial charge in [0.1, 0.15) is 11.6 Å². The molecule has 84 valence electrons. The number of hydrogen-bond donors (Lipinski definition) is 1. The first-order chi connectivity index (χ1) is 7.27. The molecule has 15 heavy (non-hydrogen) atoms. The Bertz CT molecular complexity index is 314. The lowest BCUT2D eigenvalue weighted by Gasteiger charge is -2.26. The zero-order chi connectivity index (χ0) is 10.7. The van der Waals surface area contributed by atoms with Crippen LogP contribution in [-0.2, 0) is 13.6 Å². The molecule has 1 aliphatic rings. The second-order valence-electron chi connectivity index (χ2n) is 4.11. The lowest BCUT2D eigenvalue weighted by molar-refractivity contribution is 0.149. The summed E-state index contributed by atoms with van der Waals surface area (Å²) in [7, 11) is 2.00. The van der Waals surface area contributed by atoms with Gasteiger partial charge in [-0.05, 0) is 19.8 Å². The van der Waals surface area contributed by atoms with E-state index in [0.29, 0.717) is 0 Å². The van der Waals surface area contributed by atoms with Crippen molar-refractivity contribution in [2.45, 2.75) is 32.7 Å². The Hall–Kier alpha value is -0.940.